The monoisotopic (exact) mass is 243 g/mol. The molecule has 18 heavy (non-hydrogen) atoms. The third kappa shape index (κ3) is 2.45. The summed E-state index contributed by atoms with van der Waals surface area (Å²) >= 11 is 0. The van der Waals surface area contributed by atoms with Gasteiger partial charge in [-0.05, 0) is 38.5 Å². The summed E-state index contributed by atoms with van der Waals surface area (Å²) in [4.78, 5) is 13.9. The van der Waals surface area contributed by atoms with E-state index in [1.165, 1.54) is 0 Å². The topological polar surface area (TPSA) is 56.1 Å². The first-order valence-corrected chi connectivity index (χ1v) is 6.22. The van der Waals surface area contributed by atoms with Crippen molar-refractivity contribution in [2.75, 3.05) is 16.8 Å². The third-order valence-electron chi connectivity index (χ3n) is 3.14. The molecule has 94 valence electrons. The summed E-state index contributed by atoms with van der Waals surface area (Å²) in [6.07, 6.45) is 1.38. The van der Waals surface area contributed by atoms with Gasteiger partial charge in [-0.1, -0.05) is 0 Å². The van der Waals surface area contributed by atoms with Gasteiger partial charge in [0.05, 0.1) is 23.0 Å². The lowest BCUT2D eigenvalue weighted by molar-refractivity contribution is -0.116. The molecule has 0 atom stereocenters. The number of rotatable bonds is 1. The van der Waals surface area contributed by atoms with E-state index in [4.69, 9.17) is 5.26 Å². The molecule has 0 aliphatic carbocycles. The standard InChI is InChI=1S/C14H17N3O/c1-10(2)17-7-3-4-14(18)16-12-6-5-11(9-15)8-13(12)17/h5-6,8,10H,3-4,7H2,1-2H3,(H,16,18). The van der Waals surface area contributed by atoms with Crippen molar-refractivity contribution in [1.29, 1.82) is 5.26 Å². The molecule has 0 fully saturated rings. The molecule has 2 rings (SSSR count). The van der Waals surface area contributed by atoms with Crippen LogP contribution < -0.4 is 10.2 Å². The van der Waals surface area contributed by atoms with Crippen molar-refractivity contribution in [3.63, 3.8) is 0 Å². The molecule has 0 spiro atoms. The number of nitrogens with zero attached hydrogens (tertiary/aromatic N) is 2. The molecule has 0 bridgehead atoms. The Morgan fingerprint density at radius 3 is 2.89 bits per heavy atom. The Balaban J connectivity index is 2.48. The van der Waals surface area contributed by atoms with Gasteiger partial charge in [0.2, 0.25) is 5.91 Å². The van der Waals surface area contributed by atoms with Crippen LogP contribution >= 0.6 is 0 Å². The molecule has 4 nitrogen and oxygen atoms in total. The van der Waals surface area contributed by atoms with E-state index < -0.39 is 0 Å². The molecule has 0 saturated heterocycles. The van der Waals surface area contributed by atoms with Crippen molar-refractivity contribution in [1.82, 2.24) is 0 Å². The Bertz CT molecular complexity index is 502. The van der Waals surface area contributed by atoms with Gasteiger partial charge in [0, 0.05) is 19.0 Å². The van der Waals surface area contributed by atoms with Crippen molar-refractivity contribution in [2.24, 2.45) is 0 Å². The average molecular weight is 243 g/mol. The first-order chi connectivity index (χ1) is 8.61. The smallest absolute Gasteiger partial charge is 0.224 e. The van der Waals surface area contributed by atoms with Crippen LogP contribution in [-0.2, 0) is 4.79 Å². The number of anilines is 2. The molecule has 0 saturated carbocycles. The number of nitriles is 1. The molecule has 1 heterocycles. The summed E-state index contributed by atoms with van der Waals surface area (Å²) in [5.41, 5.74) is 2.36. The van der Waals surface area contributed by atoms with E-state index in [2.05, 4.69) is 30.1 Å². The fraction of sp³-hybridized carbons (Fsp3) is 0.429. The van der Waals surface area contributed by atoms with Gasteiger partial charge in [-0.25, -0.2) is 0 Å². The minimum Gasteiger partial charge on any atom is -0.367 e. The Kier molecular flexibility index (Phi) is 3.52. The van der Waals surface area contributed by atoms with Gasteiger partial charge in [0.1, 0.15) is 0 Å². The largest absolute Gasteiger partial charge is 0.367 e. The summed E-state index contributed by atoms with van der Waals surface area (Å²) in [6, 6.07) is 7.88. The maximum Gasteiger partial charge on any atom is 0.224 e. The van der Waals surface area contributed by atoms with Crippen molar-refractivity contribution in [3.05, 3.63) is 23.8 Å². The van der Waals surface area contributed by atoms with Gasteiger partial charge in [-0.3, -0.25) is 4.79 Å². The van der Waals surface area contributed by atoms with Crippen LogP contribution in [0.25, 0.3) is 0 Å². The van der Waals surface area contributed by atoms with E-state index in [-0.39, 0.29) is 5.91 Å². The highest BCUT2D eigenvalue weighted by molar-refractivity contribution is 5.95. The van der Waals surface area contributed by atoms with Crippen LogP contribution in [0.4, 0.5) is 11.4 Å². The van der Waals surface area contributed by atoms with E-state index in [0.29, 0.717) is 18.0 Å². The van der Waals surface area contributed by atoms with Gasteiger partial charge in [0.15, 0.2) is 0 Å². The maximum atomic E-state index is 11.6. The second kappa shape index (κ2) is 5.09. The van der Waals surface area contributed by atoms with Gasteiger partial charge in [-0.15, -0.1) is 0 Å². The summed E-state index contributed by atoms with van der Waals surface area (Å²) in [6.45, 7) is 5.07. The molecule has 0 radical (unpaired) electrons. The molecule has 1 aromatic carbocycles. The molecule has 1 aliphatic rings. The van der Waals surface area contributed by atoms with Gasteiger partial charge in [-0.2, -0.15) is 5.26 Å². The van der Waals surface area contributed by atoms with Gasteiger partial charge in [0.25, 0.3) is 0 Å². The molecule has 1 N–H and O–H groups in total. The van der Waals surface area contributed by atoms with Crippen LogP contribution in [0.3, 0.4) is 0 Å². The van der Waals surface area contributed by atoms with E-state index in [1.807, 2.05) is 12.1 Å². The lowest BCUT2D eigenvalue weighted by Crippen LogP contribution is -2.34. The number of carbonyl (C=O) groups is 1. The van der Waals surface area contributed by atoms with Crippen LogP contribution in [0.5, 0.6) is 0 Å². The van der Waals surface area contributed by atoms with Crippen molar-refractivity contribution >= 4 is 17.3 Å². The zero-order chi connectivity index (χ0) is 13.1. The van der Waals surface area contributed by atoms with E-state index >= 15 is 0 Å². The SMILES string of the molecule is CC(C)N1CCCC(=O)Nc2ccc(C#N)cc21. The van der Waals surface area contributed by atoms with Crippen LogP contribution in [0.1, 0.15) is 32.3 Å². The number of hydrogen-bond donors (Lipinski definition) is 1. The van der Waals surface area contributed by atoms with E-state index in [0.717, 1.165) is 24.3 Å². The number of amides is 1. The number of hydrogen-bond acceptors (Lipinski definition) is 3. The third-order valence-corrected chi connectivity index (χ3v) is 3.14. The molecule has 1 aromatic rings. The Morgan fingerprint density at radius 2 is 2.22 bits per heavy atom. The maximum absolute atomic E-state index is 11.6. The van der Waals surface area contributed by atoms with Crippen LogP contribution in [0.15, 0.2) is 18.2 Å². The molecule has 0 aromatic heterocycles. The summed E-state index contributed by atoms with van der Waals surface area (Å²) in [5.74, 6) is 0.0457. The van der Waals surface area contributed by atoms with Crippen LogP contribution in [-0.4, -0.2) is 18.5 Å². The summed E-state index contributed by atoms with van der Waals surface area (Å²) < 4.78 is 0. The zero-order valence-electron chi connectivity index (χ0n) is 10.7. The van der Waals surface area contributed by atoms with Gasteiger partial charge >= 0.3 is 0 Å². The summed E-state index contributed by atoms with van der Waals surface area (Å²) in [7, 11) is 0. The molecule has 4 heteroatoms. The van der Waals surface area contributed by atoms with Crippen LogP contribution in [0, 0.1) is 11.3 Å². The molecule has 1 amide bonds. The first-order valence-electron chi connectivity index (χ1n) is 6.22. The molecular weight excluding hydrogens is 226 g/mol. The predicted molar refractivity (Wildman–Crippen MR) is 71.5 cm³/mol. The first kappa shape index (κ1) is 12.4. The molecule has 0 unspecified atom stereocenters. The highest BCUT2D eigenvalue weighted by atomic mass is 16.1. The van der Waals surface area contributed by atoms with Crippen molar-refractivity contribution < 1.29 is 4.79 Å². The minimum atomic E-state index is 0.0457. The minimum absolute atomic E-state index is 0.0457. The summed E-state index contributed by atoms with van der Waals surface area (Å²) in [5, 5.41) is 11.9. The fourth-order valence-electron chi connectivity index (χ4n) is 2.22. The Hall–Kier alpha value is -2.02. The second-order valence-corrected chi connectivity index (χ2v) is 4.78. The van der Waals surface area contributed by atoms with Crippen molar-refractivity contribution in [3.8, 4) is 6.07 Å². The quantitative estimate of drug-likeness (QED) is 0.824. The second-order valence-electron chi connectivity index (χ2n) is 4.78. The molecular formula is C14H17N3O. The van der Waals surface area contributed by atoms with E-state index in [9.17, 15) is 4.79 Å². The number of benzene rings is 1. The highest BCUT2D eigenvalue weighted by Crippen LogP contribution is 2.30. The Labute approximate surface area is 107 Å². The Morgan fingerprint density at radius 1 is 1.44 bits per heavy atom. The number of carbonyl (C=O) groups excluding carboxylic acids is 1. The zero-order valence-corrected chi connectivity index (χ0v) is 10.7. The fourth-order valence-corrected chi connectivity index (χ4v) is 2.22. The highest BCUT2D eigenvalue weighted by Gasteiger charge is 2.19. The van der Waals surface area contributed by atoms with Gasteiger partial charge < -0.3 is 10.2 Å². The van der Waals surface area contributed by atoms with Crippen LogP contribution in [0.2, 0.25) is 0 Å². The number of nitrogens with one attached hydrogen (secondary N) is 1. The van der Waals surface area contributed by atoms with Crippen molar-refractivity contribution in [2.45, 2.75) is 32.7 Å². The number of fused-ring (bicyclic) bond motifs is 1. The molecule has 1 aliphatic heterocycles. The lowest BCUT2D eigenvalue weighted by Gasteiger charge is -2.32. The normalized spacial score (nSPS) is 15.4. The lowest BCUT2D eigenvalue weighted by atomic mass is 10.1. The average Bonchev–Trinajstić information content (AvgIpc) is 2.32. The van der Waals surface area contributed by atoms with E-state index in [1.54, 1.807) is 6.07 Å². The predicted octanol–water partition coefficient (Wildman–Crippen LogP) is 2.51.